The third-order valence-corrected chi connectivity index (χ3v) is 4.70. The third kappa shape index (κ3) is 2.87. The van der Waals surface area contributed by atoms with Gasteiger partial charge in [0, 0.05) is 23.4 Å². The molecule has 2 amide bonds. The van der Waals surface area contributed by atoms with Gasteiger partial charge in [-0.2, -0.15) is 0 Å². The zero-order chi connectivity index (χ0) is 16.4. The summed E-state index contributed by atoms with van der Waals surface area (Å²) in [6.07, 6.45) is 3.20. The van der Waals surface area contributed by atoms with Gasteiger partial charge in [-0.25, -0.2) is 4.79 Å². The molecule has 1 aliphatic rings. The van der Waals surface area contributed by atoms with E-state index < -0.39 is 0 Å². The van der Waals surface area contributed by atoms with Crippen LogP contribution in [0.2, 0.25) is 0 Å². The second kappa shape index (κ2) is 6.40. The van der Waals surface area contributed by atoms with Crippen molar-refractivity contribution in [2.75, 3.05) is 11.9 Å². The quantitative estimate of drug-likeness (QED) is 0.691. The number of carbonyl (C=O) groups excluding carboxylic acids is 1. The monoisotopic (exact) mass is 319 g/mol. The van der Waals surface area contributed by atoms with E-state index in [1.807, 2.05) is 47.4 Å². The molecule has 0 saturated carbocycles. The van der Waals surface area contributed by atoms with Crippen LogP contribution in [-0.2, 0) is 0 Å². The van der Waals surface area contributed by atoms with E-state index in [0.717, 1.165) is 42.7 Å². The molecule has 1 atom stereocenters. The number of para-hydroxylation sites is 2. The first kappa shape index (κ1) is 14.8. The average Bonchev–Trinajstić information content (AvgIpc) is 3.06. The fourth-order valence-corrected chi connectivity index (χ4v) is 3.49. The first-order valence-electron chi connectivity index (χ1n) is 8.51. The van der Waals surface area contributed by atoms with Crippen LogP contribution in [0.4, 0.5) is 10.5 Å². The molecular formula is C20H21N3O. The molecule has 24 heavy (non-hydrogen) atoms. The number of aromatic amines is 1. The van der Waals surface area contributed by atoms with Crippen LogP contribution in [0.25, 0.3) is 10.9 Å². The molecule has 122 valence electrons. The smallest absolute Gasteiger partial charge is 0.322 e. The Kier molecular flexibility index (Phi) is 3.95. The highest BCUT2D eigenvalue weighted by Crippen LogP contribution is 2.32. The molecule has 4 nitrogen and oxygen atoms in total. The lowest BCUT2D eigenvalue weighted by molar-refractivity contribution is 0.162. The Morgan fingerprint density at radius 3 is 2.67 bits per heavy atom. The van der Waals surface area contributed by atoms with Crippen molar-refractivity contribution in [1.82, 2.24) is 9.88 Å². The molecule has 1 fully saturated rings. The molecule has 2 N–H and O–H groups in total. The van der Waals surface area contributed by atoms with Gasteiger partial charge in [-0.3, -0.25) is 0 Å². The molecule has 2 aromatic carbocycles. The number of fused-ring (bicyclic) bond motifs is 1. The highest BCUT2D eigenvalue weighted by atomic mass is 16.2. The lowest BCUT2D eigenvalue weighted by atomic mass is 9.99. The van der Waals surface area contributed by atoms with Gasteiger partial charge in [-0.1, -0.05) is 36.4 Å². The van der Waals surface area contributed by atoms with Crippen LogP contribution in [0.1, 0.15) is 31.0 Å². The summed E-state index contributed by atoms with van der Waals surface area (Å²) in [7, 11) is 0. The lowest BCUT2D eigenvalue weighted by Crippen LogP contribution is -2.41. The van der Waals surface area contributed by atoms with E-state index in [9.17, 15) is 4.79 Å². The Labute approximate surface area is 141 Å². The van der Waals surface area contributed by atoms with Crippen molar-refractivity contribution in [2.24, 2.45) is 0 Å². The number of aromatic nitrogens is 1. The normalized spacial score (nSPS) is 17.8. The maximum Gasteiger partial charge on any atom is 0.322 e. The van der Waals surface area contributed by atoms with Crippen LogP contribution in [0.5, 0.6) is 0 Å². The predicted molar refractivity (Wildman–Crippen MR) is 97.1 cm³/mol. The van der Waals surface area contributed by atoms with Crippen molar-refractivity contribution in [2.45, 2.75) is 25.3 Å². The minimum atomic E-state index is -0.0236. The Morgan fingerprint density at radius 2 is 1.83 bits per heavy atom. The fraction of sp³-hybridized carbons (Fsp3) is 0.250. The summed E-state index contributed by atoms with van der Waals surface area (Å²) in [4.78, 5) is 18.2. The van der Waals surface area contributed by atoms with Crippen LogP contribution < -0.4 is 5.32 Å². The average molecular weight is 319 g/mol. The Hall–Kier alpha value is -2.75. The molecule has 4 rings (SSSR count). The van der Waals surface area contributed by atoms with Crippen LogP contribution in [0.3, 0.4) is 0 Å². The van der Waals surface area contributed by atoms with Crippen molar-refractivity contribution in [3.8, 4) is 0 Å². The molecule has 4 heteroatoms. The van der Waals surface area contributed by atoms with E-state index in [-0.39, 0.29) is 12.1 Å². The van der Waals surface area contributed by atoms with E-state index in [2.05, 4.69) is 28.5 Å². The number of hydrogen-bond donors (Lipinski definition) is 2. The molecule has 1 saturated heterocycles. The van der Waals surface area contributed by atoms with Crippen molar-refractivity contribution >= 4 is 22.6 Å². The molecule has 0 bridgehead atoms. The number of piperidine rings is 1. The predicted octanol–water partition coefficient (Wildman–Crippen LogP) is 4.93. The standard InChI is InChI=1S/C20H21N3O/c24-20(21-16-9-2-1-3-10-16)23-13-7-6-12-19(23)18-14-15-8-4-5-11-17(15)22-18/h1-5,8-11,14,19,22H,6-7,12-13H2,(H,21,24). The largest absolute Gasteiger partial charge is 0.357 e. The molecule has 0 radical (unpaired) electrons. The van der Waals surface area contributed by atoms with Crippen molar-refractivity contribution in [1.29, 1.82) is 0 Å². The van der Waals surface area contributed by atoms with Crippen molar-refractivity contribution in [3.63, 3.8) is 0 Å². The minimum Gasteiger partial charge on any atom is -0.357 e. The van der Waals surface area contributed by atoms with Gasteiger partial charge in [0.15, 0.2) is 0 Å². The van der Waals surface area contributed by atoms with Gasteiger partial charge in [0.1, 0.15) is 0 Å². The molecule has 0 spiro atoms. The highest BCUT2D eigenvalue weighted by Gasteiger charge is 2.29. The molecule has 1 aromatic heterocycles. The summed E-state index contributed by atoms with van der Waals surface area (Å²) in [6, 6.07) is 20.2. The number of amides is 2. The number of rotatable bonds is 2. The van der Waals surface area contributed by atoms with Gasteiger partial charge in [-0.05, 0) is 48.9 Å². The lowest BCUT2D eigenvalue weighted by Gasteiger charge is -2.35. The Bertz CT molecular complexity index is 807. The van der Waals surface area contributed by atoms with Gasteiger partial charge in [0.2, 0.25) is 0 Å². The van der Waals surface area contributed by atoms with E-state index in [1.165, 1.54) is 5.39 Å². The summed E-state index contributed by atoms with van der Waals surface area (Å²) in [5.41, 5.74) is 3.09. The van der Waals surface area contributed by atoms with Gasteiger partial charge in [0.25, 0.3) is 0 Å². The number of likely N-dealkylation sites (tertiary alicyclic amines) is 1. The number of carbonyl (C=O) groups is 1. The molecule has 1 aliphatic heterocycles. The third-order valence-electron chi connectivity index (χ3n) is 4.70. The Morgan fingerprint density at radius 1 is 1.04 bits per heavy atom. The van der Waals surface area contributed by atoms with Gasteiger partial charge in [-0.15, -0.1) is 0 Å². The molecule has 0 aliphatic carbocycles. The first-order valence-corrected chi connectivity index (χ1v) is 8.51. The molecular weight excluding hydrogens is 298 g/mol. The summed E-state index contributed by atoms with van der Waals surface area (Å²) >= 11 is 0. The van der Waals surface area contributed by atoms with E-state index in [4.69, 9.17) is 0 Å². The number of urea groups is 1. The number of nitrogens with one attached hydrogen (secondary N) is 2. The number of nitrogens with zero attached hydrogens (tertiary/aromatic N) is 1. The van der Waals surface area contributed by atoms with Crippen LogP contribution in [0, 0.1) is 0 Å². The van der Waals surface area contributed by atoms with E-state index in [1.54, 1.807) is 0 Å². The molecule has 2 heterocycles. The van der Waals surface area contributed by atoms with Gasteiger partial charge >= 0.3 is 6.03 Å². The fourth-order valence-electron chi connectivity index (χ4n) is 3.49. The number of benzene rings is 2. The maximum atomic E-state index is 12.8. The minimum absolute atomic E-state index is 0.0236. The van der Waals surface area contributed by atoms with E-state index in [0.29, 0.717) is 0 Å². The van der Waals surface area contributed by atoms with Crippen LogP contribution >= 0.6 is 0 Å². The molecule has 1 unspecified atom stereocenters. The van der Waals surface area contributed by atoms with Gasteiger partial charge < -0.3 is 15.2 Å². The van der Waals surface area contributed by atoms with E-state index >= 15 is 0 Å². The van der Waals surface area contributed by atoms with Crippen LogP contribution in [0.15, 0.2) is 60.7 Å². The van der Waals surface area contributed by atoms with Crippen molar-refractivity contribution < 1.29 is 4.79 Å². The summed E-state index contributed by atoms with van der Waals surface area (Å²) in [5, 5.41) is 4.21. The summed E-state index contributed by atoms with van der Waals surface area (Å²) < 4.78 is 0. The second-order valence-electron chi connectivity index (χ2n) is 6.31. The summed E-state index contributed by atoms with van der Waals surface area (Å²) in [6.45, 7) is 0.790. The zero-order valence-corrected chi connectivity index (χ0v) is 13.5. The maximum absolute atomic E-state index is 12.8. The second-order valence-corrected chi connectivity index (χ2v) is 6.31. The zero-order valence-electron chi connectivity index (χ0n) is 13.5. The highest BCUT2D eigenvalue weighted by molar-refractivity contribution is 5.90. The SMILES string of the molecule is O=C(Nc1ccccc1)N1CCCCC1c1cc2ccccc2[nH]1. The topological polar surface area (TPSA) is 48.1 Å². The first-order chi connectivity index (χ1) is 11.8. The van der Waals surface area contributed by atoms with Crippen molar-refractivity contribution in [3.05, 3.63) is 66.4 Å². The molecule has 3 aromatic rings. The Balaban J connectivity index is 1.59. The number of hydrogen-bond acceptors (Lipinski definition) is 1. The number of H-pyrrole nitrogens is 1. The summed E-state index contributed by atoms with van der Waals surface area (Å²) in [5.74, 6) is 0. The van der Waals surface area contributed by atoms with Crippen LogP contribution in [-0.4, -0.2) is 22.5 Å². The van der Waals surface area contributed by atoms with Gasteiger partial charge in [0.05, 0.1) is 6.04 Å². The number of anilines is 1.